The van der Waals surface area contributed by atoms with Gasteiger partial charge in [0.1, 0.15) is 11.5 Å². The number of benzene rings is 1. The summed E-state index contributed by atoms with van der Waals surface area (Å²) in [5.74, 6) is -0.794. The zero-order valence-electron chi connectivity index (χ0n) is 24.2. The first-order valence-corrected chi connectivity index (χ1v) is 13.6. The third-order valence-electron chi connectivity index (χ3n) is 7.34. The molecular formula is C30H38FN5O4. The molecule has 9 nitrogen and oxygen atoms in total. The molecule has 0 aliphatic carbocycles. The fraction of sp³-hybridized carbons (Fsp3) is 0.500. The minimum Gasteiger partial charge on any atom is -0.469 e. The molecular weight excluding hydrogens is 513 g/mol. The highest BCUT2D eigenvalue weighted by Crippen LogP contribution is 2.31. The highest BCUT2D eigenvalue weighted by Gasteiger charge is 2.39. The number of unbranched alkanes of at least 4 members (excludes halogenated alkanes) is 1. The van der Waals surface area contributed by atoms with E-state index in [9.17, 15) is 18.8 Å². The van der Waals surface area contributed by atoms with Gasteiger partial charge in [-0.2, -0.15) is 5.10 Å². The standard InChI is InChI=1S/C30H38FN5O4/c1-29(2,3)22-17-23(20-11-13-21(31)14-12-20)33-36-18-24(32-27(22)36)28(39)35-16-15-34(19-30(35,4)5)25(37)9-7-8-10-26(38)40-6/h11-14,17-18H,7-10,15-16,19H2,1-6H3. The van der Waals surface area contributed by atoms with Crippen LogP contribution in [0.3, 0.4) is 0 Å². The Hall–Kier alpha value is -3.82. The van der Waals surface area contributed by atoms with Crippen molar-refractivity contribution in [3.63, 3.8) is 0 Å². The van der Waals surface area contributed by atoms with E-state index in [1.165, 1.54) is 19.2 Å². The number of amides is 2. The van der Waals surface area contributed by atoms with Gasteiger partial charge in [-0.05, 0) is 62.4 Å². The molecule has 0 radical (unpaired) electrons. The van der Waals surface area contributed by atoms with Crippen LogP contribution in [0.5, 0.6) is 0 Å². The van der Waals surface area contributed by atoms with Gasteiger partial charge in [0.15, 0.2) is 5.65 Å². The first-order chi connectivity index (χ1) is 18.8. The van der Waals surface area contributed by atoms with Crippen LogP contribution in [0.2, 0.25) is 0 Å². The number of carbonyl (C=O) groups is 3. The number of piperazine rings is 1. The summed E-state index contributed by atoms with van der Waals surface area (Å²) < 4.78 is 19.8. The number of hydrogen-bond donors (Lipinski definition) is 0. The molecule has 0 spiro atoms. The predicted molar refractivity (Wildman–Crippen MR) is 149 cm³/mol. The Balaban J connectivity index is 1.53. The molecule has 3 heterocycles. The lowest BCUT2D eigenvalue weighted by molar-refractivity contribution is -0.141. The highest BCUT2D eigenvalue weighted by molar-refractivity contribution is 5.94. The number of nitrogens with zero attached hydrogens (tertiary/aromatic N) is 5. The van der Waals surface area contributed by atoms with E-state index in [1.54, 1.807) is 32.6 Å². The summed E-state index contributed by atoms with van der Waals surface area (Å²) in [4.78, 5) is 46.2. The van der Waals surface area contributed by atoms with Gasteiger partial charge < -0.3 is 14.5 Å². The van der Waals surface area contributed by atoms with Crippen molar-refractivity contribution in [3.8, 4) is 11.3 Å². The van der Waals surface area contributed by atoms with Gasteiger partial charge in [-0.15, -0.1) is 0 Å². The van der Waals surface area contributed by atoms with E-state index >= 15 is 0 Å². The first kappa shape index (κ1) is 29.2. The van der Waals surface area contributed by atoms with E-state index < -0.39 is 5.54 Å². The summed E-state index contributed by atoms with van der Waals surface area (Å²) in [7, 11) is 1.36. The fourth-order valence-corrected chi connectivity index (χ4v) is 5.08. The molecule has 1 fully saturated rings. The number of hydrogen-bond acceptors (Lipinski definition) is 6. The van der Waals surface area contributed by atoms with Gasteiger partial charge in [-0.25, -0.2) is 13.9 Å². The summed E-state index contributed by atoms with van der Waals surface area (Å²) in [5, 5.41) is 4.70. The van der Waals surface area contributed by atoms with E-state index in [-0.39, 0.29) is 34.7 Å². The second-order valence-corrected chi connectivity index (χ2v) is 12.0. The molecule has 1 aliphatic heterocycles. The lowest BCUT2D eigenvalue weighted by Gasteiger charge is -2.47. The maximum absolute atomic E-state index is 13.8. The Morgan fingerprint density at radius 1 is 1.05 bits per heavy atom. The Kier molecular flexibility index (Phi) is 8.28. The van der Waals surface area contributed by atoms with Crippen molar-refractivity contribution in [2.75, 3.05) is 26.7 Å². The van der Waals surface area contributed by atoms with Crippen LogP contribution in [0, 0.1) is 5.82 Å². The number of fused-ring (bicyclic) bond motifs is 1. The maximum Gasteiger partial charge on any atom is 0.305 e. The van der Waals surface area contributed by atoms with Crippen molar-refractivity contribution < 1.29 is 23.5 Å². The normalized spacial score (nSPS) is 15.4. The molecule has 0 atom stereocenters. The molecule has 0 unspecified atom stereocenters. The number of halogens is 1. The number of aromatic nitrogens is 3. The Morgan fingerprint density at radius 2 is 1.73 bits per heavy atom. The molecule has 10 heteroatoms. The third kappa shape index (κ3) is 6.32. The summed E-state index contributed by atoms with van der Waals surface area (Å²) in [5.41, 5.74) is 2.34. The molecule has 2 amide bonds. The van der Waals surface area contributed by atoms with Gasteiger partial charge in [-0.1, -0.05) is 20.8 Å². The second-order valence-electron chi connectivity index (χ2n) is 12.0. The van der Waals surface area contributed by atoms with Crippen LogP contribution in [-0.2, 0) is 19.7 Å². The number of rotatable bonds is 7. The number of carbonyl (C=O) groups excluding carboxylic acids is 3. The van der Waals surface area contributed by atoms with Gasteiger partial charge in [0.25, 0.3) is 5.91 Å². The third-order valence-corrected chi connectivity index (χ3v) is 7.34. The van der Waals surface area contributed by atoms with Gasteiger partial charge in [0.05, 0.1) is 24.5 Å². The molecule has 0 bridgehead atoms. The summed E-state index contributed by atoms with van der Waals surface area (Å²) in [6.45, 7) is 11.3. The molecule has 0 N–H and O–H groups in total. The lowest BCUT2D eigenvalue weighted by Crippen LogP contribution is -2.62. The Bertz CT molecular complexity index is 1410. The minimum atomic E-state index is -0.605. The van der Waals surface area contributed by atoms with E-state index in [4.69, 9.17) is 10.1 Å². The zero-order chi connectivity index (χ0) is 29.2. The average Bonchev–Trinajstić information content (AvgIpc) is 3.33. The van der Waals surface area contributed by atoms with Crippen LogP contribution in [-0.4, -0.2) is 74.5 Å². The topological polar surface area (TPSA) is 97.1 Å². The van der Waals surface area contributed by atoms with E-state index in [0.717, 1.165) is 11.1 Å². The molecule has 3 aromatic rings. The summed E-state index contributed by atoms with van der Waals surface area (Å²) >= 11 is 0. The lowest BCUT2D eigenvalue weighted by atomic mass is 9.87. The van der Waals surface area contributed by atoms with Crippen LogP contribution in [0.15, 0.2) is 36.5 Å². The summed E-state index contributed by atoms with van der Waals surface area (Å²) in [6.07, 6.45) is 3.51. The highest BCUT2D eigenvalue weighted by atomic mass is 19.1. The molecule has 214 valence electrons. The van der Waals surface area contributed by atoms with Crippen molar-refractivity contribution in [1.82, 2.24) is 24.4 Å². The quantitative estimate of drug-likeness (QED) is 0.314. The molecule has 1 aromatic carbocycles. The Morgan fingerprint density at radius 3 is 2.35 bits per heavy atom. The van der Waals surface area contributed by atoms with E-state index in [2.05, 4.69) is 25.5 Å². The van der Waals surface area contributed by atoms with E-state index in [0.29, 0.717) is 56.7 Å². The Labute approximate surface area is 234 Å². The van der Waals surface area contributed by atoms with E-state index in [1.807, 2.05) is 19.9 Å². The summed E-state index contributed by atoms with van der Waals surface area (Å²) in [6, 6.07) is 8.11. The fourth-order valence-electron chi connectivity index (χ4n) is 5.08. The molecule has 1 saturated heterocycles. The molecule has 40 heavy (non-hydrogen) atoms. The largest absolute Gasteiger partial charge is 0.469 e. The predicted octanol–water partition coefficient (Wildman–Crippen LogP) is 4.63. The van der Waals surface area contributed by atoms with Gasteiger partial charge >= 0.3 is 5.97 Å². The zero-order valence-corrected chi connectivity index (χ0v) is 24.2. The number of methoxy groups -OCH3 is 1. The molecule has 4 rings (SSSR count). The molecule has 2 aromatic heterocycles. The SMILES string of the molecule is COC(=O)CCCCC(=O)N1CCN(C(=O)c2cn3nc(-c4ccc(F)cc4)cc(C(C)(C)C)c3n2)C(C)(C)C1. The van der Waals surface area contributed by atoms with Gasteiger partial charge in [0, 0.05) is 43.6 Å². The van der Waals surface area contributed by atoms with Crippen LogP contribution < -0.4 is 0 Å². The molecule has 0 saturated carbocycles. The van der Waals surface area contributed by atoms with Crippen molar-refractivity contribution >= 4 is 23.4 Å². The minimum absolute atomic E-state index is 0.0186. The van der Waals surface area contributed by atoms with Crippen molar-refractivity contribution in [2.24, 2.45) is 0 Å². The monoisotopic (exact) mass is 551 g/mol. The van der Waals surface area contributed by atoms with Crippen LogP contribution in [0.25, 0.3) is 16.9 Å². The van der Waals surface area contributed by atoms with Crippen molar-refractivity contribution in [2.45, 2.75) is 71.3 Å². The van der Waals surface area contributed by atoms with Crippen LogP contribution in [0.1, 0.15) is 76.4 Å². The van der Waals surface area contributed by atoms with Gasteiger partial charge in [-0.3, -0.25) is 14.4 Å². The maximum atomic E-state index is 13.8. The van der Waals surface area contributed by atoms with Crippen molar-refractivity contribution in [1.29, 1.82) is 0 Å². The second kappa shape index (κ2) is 11.3. The number of esters is 1. The molecule has 1 aliphatic rings. The van der Waals surface area contributed by atoms with Crippen LogP contribution >= 0.6 is 0 Å². The van der Waals surface area contributed by atoms with Crippen LogP contribution in [0.4, 0.5) is 4.39 Å². The average molecular weight is 552 g/mol. The van der Waals surface area contributed by atoms with Crippen molar-refractivity contribution in [3.05, 3.63) is 53.6 Å². The van der Waals surface area contributed by atoms with Gasteiger partial charge in [0.2, 0.25) is 5.91 Å². The number of imidazole rings is 1. The smallest absolute Gasteiger partial charge is 0.305 e. The first-order valence-electron chi connectivity index (χ1n) is 13.6. The number of ether oxygens (including phenoxy) is 1.